The van der Waals surface area contributed by atoms with Gasteiger partial charge in [0.2, 0.25) is 12.7 Å². The van der Waals surface area contributed by atoms with Gasteiger partial charge in [-0.3, -0.25) is 4.79 Å². The Hall–Kier alpha value is -2.01. The standard InChI is InChI=1S/C14H17NO4/c1-10(8-17-2)15-14(16)6-4-11-3-5-12-13(7-11)19-9-18-12/h3-7,10H,8-9H2,1-2H3,(H,15,16)/b6-4+. The molecule has 0 saturated heterocycles. The van der Waals surface area contributed by atoms with E-state index in [-0.39, 0.29) is 18.7 Å². The number of ether oxygens (including phenoxy) is 3. The molecule has 1 aromatic carbocycles. The number of hydrogen-bond acceptors (Lipinski definition) is 4. The van der Waals surface area contributed by atoms with Gasteiger partial charge in [0.05, 0.1) is 6.61 Å². The van der Waals surface area contributed by atoms with Crippen LogP contribution in [0.25, 0.3) is 6.08 Å². The normalized spacial score (nSPS) is 14.6. The van der Waals surface area contributed by atoms with Gasteiger partial charge < -0.3 is 19.5 Å². The molecule has 1 aromatic rings. The van der Waals surface area contributed by atoms with Crippen molar-refractivity contribution < 1.29 is 19.0 Å². The molecule has 5 nitrogen and oxygen atoms in total. The molecule has 1 aliphatic rings. The number of benzene rings is 1. The number of carbonyl (C=O) groups is 1. The Morgan fingerprint density at radius 2 is 2.26 bits per heavy atom. The van der Waals surface area contributed by atoms with Crippen LogP contribution >= 0.6 is 0 Å². The maximum atomic E-state index is 11.6. The molecule has 1 unspecified atom stereocenters. The van der Waals surface area contributed by atoms with Crippen LogP contribution in [0, 0.1) is 0 Å². The van der Waals surface area contributed by atoms with E-state index in [0.717, 1.165) is 11.3 Å². The fourth-order valence-corrected chi connectivity index (χ4v) is 1.77. The van der Waals surface area contributed by atoms with Crippen LogP contribution in [-0.4, -0.2) is 32.5 Å². The lowest BCUT2D eigenvalue weighted by Crippen LogP contribution is -2.34. The van der Waals surface area contributed by atoms with Crippen molar-refractivity contribution in [1.29, 1.82) is 0 Å². The van der Waals surface area contributed by atoms with Crippen LogP contribution in [0.3, 0.4) is 0 Å². The molecule has 0 bridgehead atoms. The van der Waals surface area contributed by atoms with E-state index in [1.54, 1.807) is 13.2 Å². The summed E-state index contributed by atoms with van der Waals surface area (Å²) in [4.78, 5) is 11.6. The van der Waals surface area contributed by atoms with Crippen LogP contribution < -0.4 is 14.8 Å². The highest BCUT2D eigenvalue weighted by Crippen LogP contribution is 2.32. The van der Waals surface area contributed by atoms with Gasteiger partial charge in [0.15, 0.2) is 11.5 Å². The summed E-state index contributed by atoms with van der Waals surface area (Å²) >= 11 is 0. The van der Waals surface area contributed by atoms with Crippen LogP contribution in [0.2, 0.25) is 0 Å². The van der Waals surface area contributed by atoms with Crippen molar-refractivity contribution in [3.63, 3.8) is 0 Å². The van der Waals surface area contributed by atoms with Crippen molar-refractivity contribution >= 4 is 12.0 Å². The Morgan fingerprint density at radius 1 is 1.47 bits per heavy atom. The topological polar surface area (TPSA) is 56.8 Å². The van der Waals surface area contributed by atoms with E-state index in [9.17, 15) is 4.79 Å². The zero-order chi connectivity index (χ0) is 13.7. The van der Waals surface area contributed by atoms with Crippen LogP contribution in [0.1, 0.15) is 12.5 Å². The maximum absolute atomic E-state index is 11.6. The summed E-state index contributed by atoms with van der Waals surface area (Å²) in [6, 6.07) is 5.52. The lowest BCUT2D eigenvalue weighted by atomic mass is 10.2. The predicted molar refractivity (Wildman–Crippen MR) is 71.1 cm³/mol. The van der Waals surface area contributed by atoms with Gasteiger partial charge in [0, 0.05) is 19.2 Å². The minimum atomic E-state index is -0.151. The largest absolute Gasteiger partial charge is 0.454 e. The molecule has 1 aliphatic heterocycles. The fraction of sp³-hybridized carbons (Fsp3) is 0.357. The van der Waals surface area contributed by atoms with E-state index in [2.05, 4.69) is 5.32 Å². The number of fused-ring (bicyclic) bond motifs is 1. The molecule has 1 amide bonds. The van der Waals surface area contributed by atoms with E-state index in [1.807, 2.05) is 25.1 Å². The Labute approximate surface area is 112 Å². The number of methoxy groups -OCH3 is 1. The molecule has 0 saturated carbocycles. The Balaban J connectivity index is 1.93. The molecule has 0 aliphatic carbocycles. The number of rotatable bonds is 5. The summed E-state index contributed by atoms with van der Waals surface area (Å²) < 4.78 is 15.4. The molecule has 0 spiro atoms. The van der Waals surface area contributed by atoms with E-state index >= 15 is 0 Å². The van der Waals surface area contributed by atoms with Crippen LogP contribution in [0.4, 0.5) is 0 Å². The third-order valence-electron chi connectivity index (χ3n) is 2.63. The molecule has 2 rings (SSSR count). The molecule has 102 valence electrons. The van der Waals surface area contributed by atoms with Crippen LogP contribution in [-0.2, 0) is 9.53 Å². The van der Waals surface area contributed by atoms with Gasteiger partial charge >= 0.3 is 0 Å². The minimum absolute atomic E-state index is 0.0149. The first-order chi connectivity index (χ1) is 9.19. The quantitative estimate of drug-likeness (QED) is 0.819. The summed E-state index contributed by atoms with van der Waals surface area (Å²) in [6.45, 7) is 2.62. The number of amides is 1. The van der Waals surface area contributed by atoms with Crippen LogP contribution in [0.5, 0.6) is 11.5 Å². The number of nitrogens with one attached hydrogen (secondary N) is 1. The first-order valence-electron chi connectivity index (χ1n) is 6.06. The van der Waals surface area contributed by atoms with E-state index in [0.29, 0.717) is 12.4 Å². The molecular formula is C14H17NO4. The second kappa shape index (κ2) is 6.24. The summed E-state index contributed by atoms with van der Waals surface area (Å²) in [6.07, 6.45) is 3.22. The SMILES string of the molecule is COCC(C)NC(=O)/C=C/c1ccc2c(c1)OCO2. The minimum Gasteiger partial charge on any atom is -0.454 e. The van der Waals surface area contributed by atoms with E-state index in [1.165, 1.54) is 6.08 Å². The molecule has 5 heteroatoms. The van der Waals surface area contributed by atoms with Crippen molar-refractivity contribution in [2.24, 2.45) is 0 Å². The monoisotopic (exact) mass is 263 g/mol. The second-order valence-corrected chi connectivity index (χ2v) is 4.31. The molecule has 1 N–H and O–H groups in total. The van der Waals surface area contributed by atoms with E-state index in [4.69, 9.17) is 14.2 Å². The Morgan fingerprint density at radius 3 is 3.05 bits per heavy atom. The first-order valence-corrected chi connectivity index (χ1v) is 6.06. The highest BCUT2D eigenvalue weighted by atomic mass is 16.7. The van der Waals surface area contributed by atoms with Gasteiger partial charge in [-0.2, -0.15) is 0 Å². The number of hydrogen-bond donors (Lipinski definition) is 1. The fourth-order valence-electron chi connectivity index (χ4n) is 1.77. The Kier molecular flexibility index (Phi) is 4.41. The summed E-state index contributed by atoms with van der Waals surface area (Å²) in [7, 11) is 1.60. The summed E-state index contributed by atoms with van der Waals surface area (Å²) in [5, 5.41) is 2.80. The third kappa shape index (κ3) is 3.72. The lowest BCUT2D eigenvalue weighted by molar-refractivity contribution is -0.117. The van der Waals surface area contributed by atoms with Crippen molar-refractivity contribution in [3.8, 4) is 11.5 Å². The molecule has 1 atom stereocenters. The Bertz CT molecular complexity index is 484. The second-order valence-electron chi connectivity index (χ2n) is 4.31. The summed E-state index contributed by atoms with van der Waals surface area (Å²) in [5.41, 5.74) is 0.888. The molecule has 0 fully saturated rings. The van der Waals surface area contributed by atoms with Gasteiger partial charge in [-0.1, -0.05) is 6.07 Å². The van der Waals surface area contributed by atoms with Gasteiger partial charge in [0.25, 0.3) is 0 Å². The van der Waals surface area contributed by atoms with Crippen molar-refractivity contribution in [3.05, 3.63) is 29.8 Å². The molecule has 0 aromatic heterocycles. The zero-order valence-electron chi connectivity index (χ0n) is 11.0. The van der Waals surface area contributed by atoms with Crippen molar-refractivity contribution in [1.82, 2.24) is 5.32 Å². The van der Waals surface area contributed by atoms with Gasteiger partial charge in [-0.25, -0.2) is 0 Å². The molecule has 0 radical (unpaired) electrons. The third-order valence-corrected chi connectivity index (χ3v) is 2.63. The molecule has 1 heterocycles. The van der Waals surface area contributed by atoms with Crippen molar-refractivity contribution in [2.75, 3.05) is 20.5 Å². The predicted octanol–water partition coefficient (Wildman–Crippen LogP) is 1.58. The first kappa shape index (κ1) is 13.4. The number of carbonyl (C=O) groups excluding carboxylic acids is 1. The zero-order valence-corrected chi connectivity index (χ0v) is 11.0. The van der Waals surface area contributed by atoms with Gasteiger partial charge in [-0.15, -0.1) is 0 Å². The lowest BCUT2D eigenvalue weighted by Gasteiger charge is -2.10. The van der Waals surface area contributed by atoms with Crippen molar-refractivity contribution in [2.45, 2.75) is 13.0 Å². The van der Waals surface area contributed by atoms with Crippen LogP contribution in [0.15, 0.2) is 24.3 Å². The average molecular weight is 263 g/mol. The highest BCUT2D eigenvalue weighted by molar-refractivity contribution is 5.92. The molecular weight excluding hydrogens is 246 g/mol. The smallest absolute Gasteiger partial charge is 0.244 e. The maximum Gasteiger partial charge on any atom is 0.244 e. The molecule has 19 heavy (non-hydrogen) atoms. The summed E-state index contributed by atoms with van der Waals surface area (Å²) in [5.74, 6) is 1.29. The highest BCUT2D eigenvalue weighted by Gasteiger charge is 2.12. The van der Waals surface area contributed by atoms with Gasteiger partial charge in [0.1, 0.15) is 0 Å². The van der Waals surface area contributed by atoms with Gasteiger partial charge in [-0.05, 0) is 30.7 Å². The average Bonchev–Trinajstić information content (AvgIpc) is 2.83. The van der Waals surface area contributed by atoms with E-state index < -0.39 is 0 Å².